The molecule has 1 aliphatic heterocycles. The number of rotatable bonds is 2. The van der Waals surface area contributed by atoms with Crippen molar-refractivity contribution in [2.45, 2.75) is 44.6 Å². The molecule has 4 nitrogen and oxygen atoms in total. The monoisotopic (exact) mass is 266 g/mol. The van der Waals surface area contributed by atoms with Crippen LogP contribution in [-0.2, 0) is 12.8 Å². The summed E-state index contributed by atoms with van der Waals surface area (Å²) < 4.78 is 0. The molecule has 1 fully saturated rings. The third-order valence-electron chi connectivity index (χ3n) is 3.85. The SMILES string of the molecule is Clc1nc2c(c(NC3CCCC3)n1)CCNCC2. The second kappa shape index (κ2) is 5.41. The summed E-state index contributed by atoms with van der Waals surface area (Å²) in [5.74, 6) is 0.973. The average Bonchev–Trinajstić information content (AvgIpc) is 2.73. The van der Waals surface area contributed by atoms with E-state index in [9.17, 15) is 0 Å². The van der Waals surface area contributed by atoms with Crippen molar-refractivity contribution < 1.29 is 0 Å². The van der Waals surface area contributed by atoms with Gasteiger partial charge in [-0.3, -0.25) is 0 Å². The summed E-state index contributed by atoms with van der Waals surface area (Å²) in [4.78, 5) is 8.79. The van der Waals surface area contributed by atoms with E-state index < -0.39 is 0 Å². The Hall–Kier alpha value is -0.870. The molecule has 1 aromatic rings. The zero-order valence-corrected chi connectivity index (χ0v) is 11.3. The predicted octanol–water partition coefficient (Wildman–Crippen LogP) is 2.17. The summed E-state index contributed by atoms with van der Waals surface area (Å²) in [5.41, 5.74) is 2.37. The molecule has 0 aromatic carbocycles. The fourth-order valence-electron chi connectivity index (χ4n) is 2.90. The van der Waals surface area contributed by atoms with Crippen LogP contribution in [0.1, 0.15) is 36.9 Å². The smallest absolute Gasteiger partial charge is 0.224 e. The van der Waals surface area contributed by atoms with Crippen molar-refractivity contribution in [3.05, 3.63) is 16.5 Å². The van der Waals surface area contributed by atoms with Gasteiger partial charge in [-0.25, -0.2) is 9.97 Å². The number of aromatic nitrogens is 2. The van der Waals surface area contributed by atoms with Crippen LogP contribution < -0.4 is 10.6 Å². The fraction of sp³-hybridized carbons (Fsp3) is 0.692. The van der Waals surface area contributed by atoms with E-state index in [2.05, 4.69) is 20.6 Å². The van der Waals surface area contributed by atoms with Crippen LogP contribution in [0.2, 0.25) is 5.28 Å². The van der Waals surface area contributed by atoms with Gasteiger partial charge in [0.05, 0.1) is 5.69 Å². The third-order valence-corrected chi connectivity index (χ3v) is 4.02. The van der Waals surface area contributed by atoms with Gasteiger partial charge in [0.1, 0.15) is 5.82 Å². The summed E-state index contributed by atoms with van der Waals surface area (Å²) in [6.07, 6.45) is 7.06. The Morgan fingerprint density at radius 2 is 1.89 bits per heavy atom. The number of fused-ring (bicyclic) bond motifs is 1. The normalized spacial score (nSPS) is 20.5. The minimum atomic E-state index is 0.371. The first-order valence-electron chi connectivity index (χ1n) is 6.85. The van der Waals surface area contributed by atoms with E-state index >= 15 is 0 Å². The van der Waals surface area contributed by atoms with Gasteiger partial charge < -0.3 is 10.6 Å². The van der Waals surface area contributed by atoms with Gasteiger partial charge in [-0.05, 0) is 37.4 Å². The van der Waals surface area contributed by atoms with E-state index in [0.717, 1.165) is 37.4 Å². The quantitative estimate of drug-likeness (QED) is 0.806. The minimum absolute atomic E-state index is 0.371. The maximum Gasteiger partial charge on any atom is 0.224 e. The van der Waals surface area contributed by atoms with Crippen molar-refractivity contribution in [1.82, 2.24) is 15.3 Å². The zero-order chi connectivity index (χ0) is 12.4. The second-order valence-electron chi connectivity index (χ2n) is 5.14. The fourth-order valence-corrected chi connectivity index (χ4v) is 3.08. The Labute approximate surface area is 113 Å². The topological polar surface area (TPSA) is 49.8 Å². The van der Waals surface area contributed by atoms with Crippen molar-refractivity contribution >= 4 is 17.4 Å². The van der Waals surface area contributed by atoms with Crippen LogP contribution in [0, 0.1) is 0 Å². The molecule has 0 radical (unpaired) electrons. The Balaban J connectivity index is 1.89. The molecule has 18 heavy (non-hydrogen) atoms. The van der Waals surface area contributed by atoms with E-state index in [1.54, 1.807) is 0 Å². The molecule has 1 aliphatic carbocycles. The lowest BCUT2D eigenvalue weighted by Gasteiger charge is -2.17. The molecule has 98 valence electrons. The molecule has 3 rings (SSSR count). The summed E-state index contributed by atoms with van der Waals surface area (Å²) in [5, 5.41) is 7.34. The lowest BCUT2D eigenvalue weighted by atomic mass is 10.1. The Kier molecular flexibility index (Phi) is 3.66. The molecule has 5 heteroatoms. The lowest BCUT2D eigenvalue weighted by molar-refractivity contribution is 0.707. The highest BCUT2D eigenvalue weighted by atomic mass is 35.5. The first kappa shape index (κ1) is 12.2. The highest BCUT2D eigenvalue weighted by Crippen LogP contribution is 2.26. The van der Waals surface area contributed by atoms with Crippen LogP contribution in [0.15, 0.2) is 0 Å². The van der Waals surface area contributed by atoms with Gasteiger partial charge in [0.2, 0.25) is 5.28 Å². The van der Waals surface area contributed by atoms with E-state index in [1.165, 1.54) is 31.2 Å². The molecular formula is C13H19ClN4. The standard InChI is InChI=1S/C13H19ClN4/c14-13-17-11-6-8-15-7-5-10(11)12(18-13)16-9-3-1-2-4-9/h9,15H,1-8H2,(H,16,17,18). The third kappa shape index (κ3) is 2.59. The van der Waals surface area contributed by atoms with Gasteiger partial charge >= 0.3 is 0 Å². The van der Waals surface area contributed by atoms with Gasteiger partial charge in [0.15, 0.2) is 0 Å². The predicted molar refractivity (Wildman–Crippen MR) is 73.2 cm³/mol. The zero-order valence-electron chi connectivity index (χ0n) is 10.5. The Morgan fingerprint density at radius 1 is 1.11 bits per heavy atom. The van der Waals surface area contributed by atoms with Crippen molar-refractivity contribution in [1.29, 1.82) is 0 Å². The van der Waals surface area contributed by atoms with Crippen LogP contribution in [0.25, 0.3) is 0 Å². The summed E-state index contributed by atoms with van der Waals surface area (Å²) in [7, 11) is 0. The van der Waals surface area contributed by atoms with Crippen LogP contribution in [0.4, 0.5) is 5.82 Å². The largest absolute Gasteiger partial charge is 0.367 e. The average molecular weight is 267 g/mol. The van der Waals surface area contributed by atoms with Crippen LogP contribution >= 0.6 is 11.6 Å². The highest BCUT2D eigenvalue weighted by molar-refractivity contribution is 6.28. The van der Waals surface area contributed by atoms with Gasteiger partial charge in [-0.15, -0.1) is 0 Å². The van der Waals surface area contributed by atoms with E-state index in [-0.39, 0.29) is 0 Å². The van der Waals surface area contributed by atoms with Gasteiger partial charge in [0.25, 0.3) is 0 Å². The number of nitrogens with zero attached hydrogens (tertiary/aromatic N) is 2. The summed E-state index contributed by atoms with van der Waals surface area (Å²) in [6, 6.07) is 0.566. The van der Waals surface area contributed by atoms with Crippen LogP contribution in [0.5, 0.6) is 0 Å². The van der Waals surface area contributed by atoms with Crippen molar-refractivity contribution in [3.8, 4) is 0 Å². The highest BCUT2D eigenvalue weighted by Gasteiger charge is 2.20. The molecule has 0 bridgehead atoms. The maximum absolute atomic E-state index is 6.04. The van der Waals surface area contributed by atoms with E-state index in [4.69, 9.17) is 11.6 Å². The Bertz CT molecular complexity index is 429. The molecule has 1 aromatic heterocycles. The molecule has 1 saturated carbocycles. The molecule has 2 aliphatic rings. The summed E-state index contributed by atoms with van der Waals surface area (Å²) in [6.45, 7) is 1.97. The molecule has 0 atom stereocenters. The van der Waals surface area contributed by atoms with Gasteiger partial charge in [-0.1, -0.05) is 12.8 Å². The second-order valence-corrected chi connectivity index (χ2v) is 5.48. The number of halogens is 1. The molecule has 0 spiro atoms. The van der Waals surface area contributed by atoms with Crippen molar-refractivity contribution in [2.24, 2.45) is 0 Å². The summed E-state index contributed by atoms with van der Waals surface area (Å²) >= 11 is 6.04. The molecule has 2 N–H and O–H groups in total. The molecule has 0 saturated heterocycles. The molecule has 0 amide bonds. The van der Waals surface area contributed by atoms with Gasteiger partial charge in [0, 0.05) is 24.6 Å². The van der Waals surface area contributed by atoms with E-state index in [1.807, 2.05) is 0 Å². The van der Waals surface area contributed by atoms with E-state index in [0.29, 0.717) is 11.3 Å². The number of hydrogen-bond acceptors (Lipinski definition) is 4. The van der Waals surface area contributed by atoms with Crippen LogP contribution in [-0.4, -0.2) is 29.1 Å². The van der Waals surface area contributed by atoms with Crippen molar-refractivity contribution in [3.63, 3.8) is 0 Å². The number of hydrogen-bond donors (Lipinski definition) is 2. The van der Waals surface area contributed by atoms with Crippen molar-refractivity contribution in [2.75, 3.05) is 18.4 Å². The number of anilines is 1. The molecular weight excluding hydrogens is 248 g/mol. The van der Waals surface area contributed by atoms with Gasteiger partial charge in [-0.2, -0.15) is 0 Å². The Morgan fingerprint density at radius 3 is 2.72 bits per heavy atom. The van der Waals surface area contributed by atoms with Crippen LogP contribution in [0.3, 0.4) is 0 Å². The first-order valence-corrected chi connectivity index (χ1v) is 7.23. The molecule has 2 heterocycles. The maximum atomic E-state index is 6.04. The minimum Gasteiger partial charge on any atom is -0.367 e. The first-order chi connectivity index (χ1) is 8.83. The number of nitrogens with one attached hydrogen (secondary N) is 2. The lowest BCUT2D eigenvalue weighted by Crippen LogP contribution is -2.19. The molecule has 0 unspecified atom stereocenters.